The van der Waals surface area contributed by atoms with Crippen molar-refractivity contribution in [2.24, 2.45) is 5.92 Å². The quantitative estimate of drug-likeness (QED) is 0.645. The van der Waals surface area contributed by atoms with Crippen LogP contribution in [0.2, 0.25) is 0 Å². The summed E-state index contributed by atoms with van der Waals surface area (Å²) in [6, 6.07) is 0. The molecule has 0 bridgehead atoms. The van der Waals surface area contributed by atoms with Crippen molar-refractivity contribution in [3.63, 3.8) is 0 Å². The second-order valence-corrected chi connectivity index (χ2v) is 3.50. The molecule has 1 rings (SSSR count). The number of rotatable bonds is 5. The van der Waals surface area contributed by atoms with Gasteiger partial charge in [-0.25, -0.2) is 0 Å². The Morgan fingerprint density at radius 1 is 1.71 bits per heavy atom. The van der Waals surface area contributed by atoms with Gasteiger partial charge in [-0.15, -0.1) is 0 Å². The zero-order valence-electron chi connectivity index (χ0n) is 8.36. The first-order valence-electron chi connectivity index (χ1n) is 4.93. The lowest BCUT2D eigenvalue weighted by Gasteiger charge is -2.22. The van der Waals surface area contributed by atoms with E-state index in [2.05, 4.69) is 5.48 Å². The maximum Gasteiger partial charge on any atom is 0.307 e. The van der Waals surface area contributed by atoms with Crippen LogP contribution < -0.4 is 5.48 Å². The number of carbonyl (C=O) groups is 1. The molecule has 1 heterocycles. The van der Waals surface area contributed by atoms with Crippen LogP contribution in [-0.4, -0.2) is 30.5 Å². The van der Waals surface area contributed by atoms with Crippen LogP contribution in [0.15, 0.2) is 0 Å². The molecule has 0 aromatic rings. The van der Waals surface area contributed by atoms with E-state index < -0.39 is 11.9 Å². The third-order valence-corrected chi connectivity index (χ3v) is 2.16. The van der Waals surface area contributed by atoms with Gasteiger partial charge in [0.25, 0.3) is 0 Å². The summed E-state index contributed by atoms with van der Waals surface area (Å²) in [5.74, 6) is -1.27. The van der Waals surface area contributed by atoms with Crippen molar-refractivity contribution in [2.45, 2.75) is 32.5 Å². The average Bonchev–Trinajstić information content (AvgIpc) is 2.19. The molecule has 0 amide bonds. The van der Waals surface area contributed by atoms with Crippen LogP contribution in [-0.2, 0) is 14.4 Å². The number of ether oxygens (including phenoxy) is 1. The molecular formula is C9H17NO4. The maximum atomic E-state index is 10.5. The Morgan fingerprint density at radius 3 is 3.07 bits per heavy atom. The summed E-state index contributed by atoms with van der Waals surface area (Å²) in [7, 11) is 0. The largest absolute Gasteiger partial charge is 0.481 e. The summed E-state index contributed by atoms with van der Waals surface area (Å²) in [6.45, 7) is 2.65. The predicted molar refractivity (Wildman–Crippen MR) is 49.5 cm³/mol. The van der Waals surface area contributed by atoms with E-state index in [1.165, 1.54) is 0 Å². The van der Waals surface area contributed by atoms with E-state index in [1.807, 2.05) is 0 Å². The van der Waals surface area contributed by atoms with Crippen molar-refractivity contribution >= 4 is 5.97 Å². The summed E-state index contributed by atoms with van der Waals surface area (Å²) >= 11 is 0. The fourth-order valence-corrected chi connectivity index (χ4v) is 1.16. The van der Waals surface area contributed by atoms with Crippen LogP contribution in [0.25, 0.3) is 0 Å². The standard InChI is InChI=1S/C9H17NO4/c1-7(9(11)12)6-10-14-8-4-2-3-5-13-8/h7-8,10H,2-6H2,1H3,(H,11,12). The fraction of sp³-hybridized carbons (Fsp3) is 0.889. The van der Waals surface area contributed by atoms with Crippen molar-refractivity contribution in [1.82, 2.24) is 5.48 Å². The number of hydroxylamine groups is 1. The van der Waals surface area contributed by atoms with Gasteiger partial charge in [-0.3, -0.25) is 9.63 Å². The smallest absolute Gasteiger partial charge is 0.307 e. The lowest BCUT2D eigenvalue weighted by molar-refractivity contribution is -0.198. The van der Waals surface area contributed by atoms with Gasteiger partial charge in [-0.1, -0.05) is 6.92 Å². The second kappa shape index (κ2) is 5.95. The van der Waals surface area contributed by atoms with Gasteiger partial charge in [-0.2, -0.15) is 5.48 Å². The van der Waals surface area contributed by atoms with Crippen LogP contribution in [0.1, 0.15) is 26.2 Å². The zero-order valence-corrected chi connectivity index (χ0v) is 8.36. The Morgan fingerprint density at radius 2 is 2.50 bits per heavy atom. The average molecular weight is 203 g/mol. The van der Waals surface area contributed by atoms with Crippen molar-refractivity contribution in [3.05, 3.63) is 0 Å². The van der Waals surface area contributed by atoms with Crippen LogP contribution in [0.5, 0.6) is 0 Å². The lowest BCUT2D eigenvalue weighted by atomic mass is 10.2. The summed E-state index contributed by atoms with van der Waals surface area (Å²) in [5.41, 5.74) is 2.63. The molecule has 1 saturated heterocycles. The van der Waals surface area contributed by atoms with Gasteiger partial charge < -0.3 is 9.84 Å². The Kier molecular flexibility index (Phi) is 4.86. The molecule has 5 nitrogen and oxygen atoms in total. The van der Waals surface area contributed by atoms with Crippen molar-refractivity contribution < 1.29 is 19.5 Å². The number of hydrogen-bond acceptors (Lipinski definition) is 4. The zero-order chi connectivity index (χ0) is 10.4. The molecule has 5 heteroatoms. The third-order valence-electron chi connectivity index (χ3n) is 2.16. The third kappa shape index (κ3) is 4.04. The van der Waals surface area contributed by atoms with E-state index >= 15 is 0 Å². The minimum atomic E-state index is -0.828. The molecule has 1 fully saturated rings. The second-order valence-electron chi connectivity index (χ2n) is 3.50. The Balaban J connectivity index is 2.05. The first-order valence-corrected chi connectivity index (χ1v) is 4.93. The summed E-state index contributed by atoms with van der Waals surface area (Å²) in [6.07, 6.45) is 2.82. The minimum absolute atomic E-state index is 0.218. The molecule has 14 heavy (non-hydrogen) atoms. The molecule has 1 aliphatic heterocycles. The minimum Gasteiger partial charge on any atom is -0.481 e. The van der Waals surface area contributed by atoms with E-state index in [9.17, 15) is 4.79 Å². The van der Waals surface area contributed by atoms with Gasteiger partial charge in [0.05, 0.1) is 5.92 Å². The number of aliphatic carboxylic acids is 1. The highest BCUT2D eigenvalue weighted by Gasteiger charge is 2.15. The van der Waals surface area contributed by atoms with Gasteiger partial charge in [-0.05, 0) is 12.8 Å². The fourth-order valence-electron chi connectivity index (χ4n) is 1.16. The highest BCUT2D eigenvalue weighted by atomic mass is 16.8. The molecule has 0 aliphatic carbocycles. The summed E-state index contributed by atoms with van der Waals surface area (Å²) in [4.78, 5) is 15.6. The normalized spacial score (nSPS) is 24.5. The van der Waals surface area contributed by atoms with E-state index in [0.717, 1.165) is 25.9 Å². The van der Waals surface area contributed by atoms with Crippen LogP contribution in [0.4, 0.5) is 0 Å². The first-order chi connectivity index (χ1) is 6.70. The molecule has 0 aromatic heterocycles. The Bertz CT molecular complexity index is 180. The molecule has 2 unspecified atom stereocenters. The summed E-state index contributed by atoms with van der Waals surface area (Å²) < 4.78 is 5.29. The molecule has 82 valence electrons. The highest BCUT2D eigenvalue weighted by molar-refractivity contribution is 5.69. The van der Waals surface area contributed by atoms with Gasteiger partial charge in [0.2, 0.25) is 0 Å². The monoisotopic (exact) mass is 203 g/mol. The molecule has 0 saturated carbocycles. The van der Waals surface area contributed by atoms with Crippen molar-refractivity contribution in [1.29, 1.82) is 0 Å². The van der Waals surface area contributed by atoms with Gasteiger partial charge in [0.15, 0.2) is 6.29 Å². The number of hydrogen-bond donors (Lipinski definition) is 2. The number of carboxylic acids is 1. The molecule has 0 radical (unpaired) electrons. The van der Waals surface area contributed by atoms with Crippen LogP contribution in [0.3, 0.4) is 0 Å². The van der Waals surface area contributed by atoms with Crippen LogP contribution in [0, 0.1) is 5.92 Å². The van der Waals surface area contributed by atoms with Gasteiger partial charge >= 0.3 is 5.97 Å². The van der Waals surface area contributed by atoms with E-state index in [4.69, 9.17) is 14.7 Å². The molecule has 2 atom stereocenters. The van der Waals surface area contributed by atoms with E-state index in [-0.39, 0.29) is 6.29 Å². The highest BCUT2D eigenvalue weighted by Crippen LogP contribution is 2.12. The van der Waals surface area contributed by atoms with Crippen LogP contribution >= 0.6 is 0 Å². The van der Waals surface area contributed by atoms with Crippen molar-refractivity contribution in [2.75, 3.05) is 13.2 Å². The number of nitrogens with one attached hydrogen (secondary N) is 1. The first kappa shape index (κ1) is 11.4. The summed E-state index contributed by atoms with van der Waals surface area (Å²) in [5, 5.41) is 8.59. The van der Waals surface area contributed by atoms with Crippen molar-refractivity contribution in [3.8, 4) is 0 Å². The van der Waals surface area contributed by atoms with Gasteiger partial charge in [0.1, 0.15) is 0 Å². The Hall–Kier alpha value is -0.650. The predicted octanol–water partition coefficient (Wildman–Crippen LogP) is 0.755. The molecule has 2 N–H and O–H groups in total. The topological polar surface area (TPSA) is 67.8 Å². The molecular weight excluding hydrogens is 186 g/mol. The van der Waals surface area contributed by atoms with Gasteiger partial charge in [0, 0.05) is 19.6 Å². The lowest BCUT2D eigenvalue weighted by Crippen LogP contribution is -2.33. The number of carboxylic acid groups (broad SMARTS) is 1. The Labute approximate surface area is 83.3 Å². The molecule has 0 aromatic carbocycles. The van der Waals surface area contributed by atoms with E-state index in [0.29, 0.717) is 6.54 Å². The maximum absolute atomic E-state index is 10.5. The molecule has 0 spiro atoms. The molecule has 1 aliphatic rings. The SMILES string of the molecule is CC(CNOC1CCCCO1)C(=O)O. The van der Waals surface area contributed by atoms with E-state index in [1.54, 1.807) is 6.92 Å².